The maximum atomic E-state index is 12.3. The standard InChI is InChI=1S/C17H18N2O5S/c1-3-23-14(20)9-19-15-11(2)5-4-6-13(15)25-17(19)18-16(21)12-10-22-7-8-24-12/h4-6,10H,3,7-9H2,1-2H3. The lowest BCUT2D eigenvalue weighted by Gasteiger charge is -2.12. The van der Waals surface area contributed by atoms with E-state index in [9.17, 15) is 9.59 Å². The Morgan fingerprint density at radius 3 is 2.92 bits per heavy atom. The number of thiazole rings is 1. The molecule has 0 saturated heterocycles. The molecule has 0 aliphatic carbocycles. The molecule has 2 aromatic rings. The summed E-state index contributed by atoms with van der Waals surface area (Å²) in [5.41, 5.74) is 1.85. The van der Waals surface area contributed by atoms with Crippen LogP contribution in [0.15, 0.2) is 35.2 Å². The van der Waals surface area contributed by atoms with Crippen molar-refractivity contribution < 1.29 is 23.8 Å². The molecule has 0 bridgehead atoms. The number of ether oxygens (including phenoxy) is 3. The molecule has 0 radical (unpaired) electrons. The molecule has 1 aromatic heterocycles. The van der Waals surface area contributed by atoms with E-state index in [4.69, 9.17) is 14.2 Å². The number of nitrogens with zero attached hydrogens (tertiary/aromatic N) is 2. The van der Waals surface area contributed by atoms with E-state index < -0.39 is 5.91 Å². The van der Waals surface area contributed by atoms with Crippen molar-refractivity contribution in [3.63, 3.8) is 0 Å². The van der Waals surface area contributed by atoms with E-state index in [-0.39, 0.29) is 18.3 Å². The Labute approximate surface area is 148 Å². The highest BCUT2D eigenvalue weighted by Crippen LogP contribution is 2.21. The van der Waals surface area contributed by atoms with Crippen LogP contribution in [0.3, 0.4) is 0 Å². The van der Waals surface area contributed by atoms with Gasteiger partial charge < -0.3 is 18.8 Å². The number of esters is 1. The normalized spacial score (nSPS) is 14.6. The molecule has 0 fully saturated rings. The maximum absolute atomic E-state index is 12.3. The molecule has 132 valence electrons. The molecule has 2 heterocycles. The van der Waals surface area contributed by atoms with Gasteiger partial charge in [-0.2, -0.15) is 4.99 Å². The lowest BCUT2D eigenvalue weighted by atomic mass is 10.2. The van der Waals surface area contributed by atoms with Gasteiger partial charge in [-0.3, -0.25) is 9.59 Å². The number of carbonyl (C=O) groups is 2. The number of carbonyl (C=O) groups excluding carboxylic acids is 2. The van der Waals surface area contributed by atoms with Gasteiger partial charge in [0.25, 0.3) is 0 Å². The molecule has 0 unspecified atom stereocenters. The van der Waals surface area contributed by atoms with Crippen LogP contribution in [0.25, 0.3) is 10.2 Å². The Balaban J connectivity index is 2.08. The largest absolute Gasteiger partial charge is 0.494 e. The van der Waals surface area contributed by atoms with Crippen molar-refractivity contribution in [3.05, 3.63) is 40.6 Å². The zero-order chi connectivity index (χ0) is 17.8. The van der Waals surface area contributed by atoms with Crippen molar-refractivity contribution in [2.75, 3.05) is 19.8 Å². The zero-order valence-corrected chi connectivity index (χ0v) is 14.8. The van der Waals surface area contributed by atoms with Gasteiger partial charge in [0.15, 0.2) is 4.80 Å². The molecule has 3 rings (SSSR count). The Morgan fingerprint density at radius 1 is 1.36 bits per heavy atom. The maximum Gasteiger partial charge on any atom is 0.326 e. The Bertz CT molecular complexity index is 909. The summed E-state index contributed by atoms with van der Waals surface area (Å²) in [6.45, 7) is 4.69. The van der Waals surface area contributed by atoms with E-state index in [0.29, 0.717) is 24.6 Å². The Hall–Kier alpha value is -2.61. The lowest BCUT2D eigenvalue weighted by Crippen LogP contribution is -2.24. The number of hydrogen-bond acceptors (Lipinski definition) is 6. The zero-order valence-electron chi connectivity index (χ0n) is 14.0. The van der Waals surface area contributed by atoms with Crippen LogP contribution in [0.4, 0.5) is 0 Å². The van der Waals surface area contributed by atoms with E-state index in [2.05, 4.69) is 4.99 Å². The molecular formula is C17H18N2O5S. The first-order chi connectivity index (χ1) is 12.1. The van der Waals surface area contributed by atoms with Crippen LogP contribution in [0.2, 0.25) is 0 Å². The number of para-hydroxylation sites is 1. The highest BCUT2D eigenvalue weighted by atomic mass is 32.1. The van der Waals surface area contributed by atoms with Crippen molar-refractivity contribution in [2.45, 2.75) is 20.4 Å². The van der Waals surface area contributed by atoms with Crippen LogP contribution in [-0.4, -0.2) is 36.3 Å². The summed E-state index contributed by atoms with van der Waals surface area (Å²) < 4.78 is 18.0. The average molecular weight is 362 g/mol. The molecule has 0 saturated carbocycles. The molecule has 1 amide bonds. The summed E-state index contributed by atoms with van der Waals surface area (Å²) in [5, 5.41) is 0. The van der Waals surface area contributed by atoms with E-state index in [1.807, 2.05) is 25.1 Å². The summed E-state index contributed by atoms with van der Waals surface area (Å²) in [6.07, 6.45) is 1.27. The topological polar surface area (TPSA) is 79.1 Å². The van der Waals surface area contributed by atoms with E-state index >= 15 is 0 Å². The van der Waals surface area contributed by atoms with Crippen molar-refractivity contribution >= 4 is 33.4 Å². The number of fused-ring (bicyclic) bond motifs is 1. The van der Waals surface area contributed by atoms with Crippen LogP contribution < -0.4 is 4.80 Å². The third-order valence-electron chi connectivity index (χ3n) is 3.55. The van der Waals surface area contributed by atoms with Crippen LogP contribution in [-0.2, 0) is 30.3 Å². The minimum atomic E-state index is -0.540. The summed E-state index contributed by atoms with van der Waals surface area (Å²) in [7, 11) is 0. The van der Waals surface area contributed by atoms with E-state index in [0.717, 1.165) is 15.8 Å². The molecule has 1 aromatic carbocycles. The van der Waals surface area contributed by atoms with Crippen LogP contribution >= 0.6 is 11.3 Å². The quantitative estimate of drug-likeness (QED) is 0.776. The SMILES string of the molecule is CCOC(=O)Cn1c(=NC(=O)C2=COCCO2)sc2cccc(C)c21. The molecule has 1 aliphatic heterocycles. The third-order valence-corrected chi connectivity index (χ3v) is 4.60. The molecule has 0 N–H and O–H groups in total. The predicted octanol–water partition coefficient (Wildman–Crippen LogP) is 1.89. The first-order valence-corrected chi connectivity index (χ1v) is 8.70. The Morgan fingerprint density at radius 2 is 2.20 bits per heavy atom. The fourth-order valence-corrected chi connectivity index (χ4v) is 3.60. The Kier molecular flexibility index (Phi) is 5.18. The highest BCUT2D eigenvalue weighted by molar-refractivity contribution is 7.16. The van der Waals surface area contributed by atoms with Crippen molar-refractivity contribution in [1.82, 2.24) is 4.57 Å². The summed E-state index contributed by atoms with van der Waals surface area (Å²) in [4.78, 5) is 28.9. The van der Waals surface area contributed by atoms with Gasteiger partial charge in [0, 0.05) is 0 Å². The predicted molar refractivity (Wildman–Crippen MR) is 91.7 cm³/mol. The van der Waals surface area contributed by atoms with Gasteiger partial charge >= 0.3 is 11.9 Å². The van der Waals surface area contributed by atoms with Gasteiger partial charge in [-0.05, 0) is 25.5 Å². The fraction of sp³-hybridized carbons (Fsp3) is 0.353. The van der Waals surface area contributed by atoms with Crippen LogP contribution in [0.1, 0.15) is 12.5 Å². The number of hydrogen-bond donors (Lipinski definition) is 0. The summed E-state index contributed by atoms with van der Waals surface area (Å²) in [5.74, 6) is -0.861. The monoisotopic (exact) mass is 362 g/mol. The molecule has 0 atom stereocenters. The number of aromatic nitrogens is 1. The second-order valence-corrected chi connectivity index (χ2v) is 6.32. The number of benzene rings is 1. The van der Waals surface area contributed by atoms with Gasteiger partial charge in [0.05, 0.1) is 16.8 Å². The number of aryl methyl sites for hydroxylation is 1. The number of rotatable bonds is 4. The first kappa shape index (κ1) is 17.2. The van der Waals surface area contributed by atoms with Gasteiger partial charge in [0.2, 0.25) is 5.76 Å². The van der Waals surface area contributed by atoms with Gasteiger partial charge in [-0.1, -0.05) is 23.5 Å². The molecule has 0 spiro atoms. The molecule has 25 heavy (non-hydrogen) atoms. The van der Waals surface area contributed by atoms with E-state index in [1.54, 1.807) is 11.5 Å². The van der Waals surface area contributed by atoms with Crippen LogP contribution in [0.5, 0.6) is 0 Å². The average Bonchev–Trinajstić information content (AvgIpc) is 2.94. The summed E-state index contributed by atoms with van der Waals surface area (Å²) >= 11 is 1.33. The summed E-state index contributed by atoms with van der Waals surface area (Å²) in [6, 6.07) is 5.80. The van der Waals surface area contributed by atoms with Crippen LogP contribution in [0, 0.1) is 6.92 Å². The van der Waals surface area contributed by atoms with Gasteiger partial charge in [-0.25, -0.2) is 0 Å². The smallest absolute Gasteiger partial charge is 0.326 e. The second-order valence-electron chi connectivity index (χ2n) is 5.32. The number of amides is 1. The molecule has 7 nitrogen and oxygen atoms in total. The molecule has 1 aliphatic rings. The first-order valence-electron chi connectivity index (χ1n) is 7.88. The fourth-order valence-electron chi connectivity index (χ4n) is 2.50. The minimum Gasteiger partial charge on any atom is -0.494 e. The van der Waals surface area contributed by atoms with Crippen molar-refractivity contribution in [1.29, 1.82) is 0 Å². The van der Waals surface area contributed by atoms with E-state index in [1.165, 1.54) is 17.6 Å². The molecular weight excluding hydrogens is 344 g/mol. The molecule has 8 heteroatoms. The van der Waals surface area contributed by atoms with Crippen molar-refractivity contribution in [2.24, 2.45) is 4.99 Å². The van der Waals surface area contributed by atoms with Crippen molar-refractivity contribution in [3.8, 4) is 0 Å². The highest BCUT2D eigenvalue weighted by Gasteiger charge is 2.17. The third kappa shape index (κ3) is 3.74. The second kappa shape index (κ2) is 7.52. The lowest BCUT2D eigenvalue weighted by molar-refractivity contribution is -0.143. The minimum absolute atomic E-state index is 0.0127. The van der Waals surface area contributed by atoms with Gasteiger partial charge in [-0.15, -0.1) is 0 Å². The van der Waals surface area contributed by atoms with Gasteiger partial charge in [0.1, 0.15) is 26.0 Å².